The Morgan fingerprint density at radius 2 is 2.17 bits per heavy atom. The number of nitrogens with one attached hydrogen (secondary N) is 2. The van der Waals surface area contributed by atoms with E-state index in [1.165, 1.54) is 11.3 Å². The molecule has 1 saturated heterocycles. The summed E-state index contributed by atoms with van der Waals surface area (Å²) in [5.41, 5.74) is 2.64. The summed E-state index contributed by atoms with van der Waals surface area (Å²) in [4.78, 5) is 35.0. The van der Waals surface area contributed by atoms with Crippen molar-refractivity contribution in [3.8, 4) is 11.1 Å². The number of thiophene rings is 1. The number of aromatic nitrogens is 2. The molecule has 1 amide bonds. The number of amides is 1. The maximum atomic E-state index is 12.7. The molecule has 0 unspecified atom stereocenters. The Labute approximate surface area is 174 Å². The van der Waals surface area contributed by atoms with Gasteiger partial charge in [-0.25, -0.2) is 4.98 Å². The number of hydrogen-bond donors (Lipinski definition) is 2. The van der Waals surface area contributed by atoms with E-state index in [1.54, 1.807) is 0 Å². The maximum absolute atomic E-state index is 12.7. The van der Waals surface area contributed by atoms with Crippen molar-refractivity contribution in [3.05, 3.63) is 46.1 Å². The average Bonchev–Trinajstić information content (AvgIpc) is 3.19. The number of aromatic amines is 1. The van der Waals surface area contributed by atoms with Crippen molar-refractivity contribution in [3.63, 3.8) is 0 Å². The molecule has 4 rings (SSSR count). The zero-order chi connectivity index (χ0) is 20.2. The van der Waals surface area contributed by atoms with Crippen LogP contribution < -0.4 is 15.8 Å². The van der Waals surface area contributed by atoms with Crippen molar-refractivity contribution < 1.29 is 4.79 Å². The Morgan fingerprint density at radius 1 is 1.34 bits per heavy atom. The number of benzene rings is 1. The normalized spacial score (nSPS) is 16.9. The first-order chi connectivity index (χ1) is 14.2. The molecule has 29 heavy (non-hydrogen) atoms. The van der Waals surface area contributed by atoms with Gasteiger partial charge in [-0.2, -0.15) is 0 Å². The van der Waals surface area contributed by atoms with Crippen molar-refractivity contribution in [2.24, 2.45) is 5.92 Å². The lowest BCUT2D eigenvalue weighted by atomic mass is 9.97. The summed E-state index contributed by atoms with van der Waals surface area (Å²) in [6.45, 7) is 4.21. The molecule has 6 nitrogen and oxygen atoms in total. The van der Waals surface area contributed by atoms with Crippen molar-refractivity contribution in [2.75, 3.05) is 24.5 Å². The smallest absolute Gasteiger partial charge is 0.270 e. The summed E-state index contributed by atoms with van der Waals surface area (Å²) in [6.07, 6.45) is 3.83. The van der Waals surface area contributed by atoms with Gasteiger partial charge in [0, 0.05) is 30.6 Å². The third-order valence-corrected chi connectivity index (χ3v) is 6.39. The number of carbonyl (C=O) groups is 1. The van der Waals surface area contributed by atoms with Crippen LogP contribution in [0.5, 0.6) is 0 Å². The van der Waals surface area contributed by atoms with E-state index in [-0.39, 0.29) is 17.4 Å². The molecular formula is C22H26N4O2S. The molecule has 1 fully saturated rings. The van der Waals surface area contributed by atoms with Gasteiger partial charge >= 0.3 is 0 Å². The largest absolute Gasteiger partial charge is 0.356 e. The Balaban J connectivity index is 1.60. The number of nitrogens with zero attached hydrogens (tertiary/aromatic N) is 2. The van der Waals surface area contributed by atoms with Crippen molar-refractivity contribution in [2.45, 2.75) is 32.6 Å². The molecule has 3 heterocycles. The van der Waals surface area contributed by atoms with E-state index in [0.29, 0.717) is 17.2 Å². The van der Waals surface area contributed by atoms with Crippen LogP contribution in [0.3, 0.4) is 0 Å². The summed E-state index contributed by atoms with van der Waals surface area (Å²) in [7, 11) is 0. The molecule has 3 aromatic rings. The SMILES string of the molecule is CCCCNC(=O)[C@H]1CCCN(c2nc3c(-c4ccccc4)csc3c(=O)[nH]2)C1. The van der Waals surface area contributed by atoms with Crippen LogP contribution in [0.2, 0.25) is 0 Å². The molecule has 0 aliphatic carbocycles. The molecule has 1 aliphatic heterocycles. The number of hydrogen-bond acceptors (Lipinski definition) is 5. The number of fused-ring (bicyclic) bond motifs is 1. The molecule has 0 saturated carbocycles. The van der Waals surface area contributed by atoms with Gasteiger partial charge in [-0.05, 0) is 24.8 Å². The maximum Gasteiger partial charge on any atom is 0.270 e. The lowest BCUT2D eigenvalue weighted by Gasteiger charge is -2.32. The highest BCUT2D eigenvalue weighted by Gasteiger charge is 2.27. The highest BCUT2D eigenvalue weighted by molar-refractivity contribution is 7.17. The predicted molar refractivity (Wildman–Crippen MR) is 119 cm³/mol. The highest BCUT2D eigenvalue weighted by atomic mass is 32.1. The molecule has 0 bridgehead atoms. The first-order valence-electron chi connectivity index (χ1n) is 10.3. The molecule has 0 spiro atoms. The van der Waals surface area contributed by atoms with Gasteiger partial charge in [-0.1, -0.05) is 43.7 Å². The minimum absolute atomic E-state index is 0.0716. The quantitative estimate of drug-likeness (QED) is 0.606. The Bertz CT molecular complexity index is 1040. The zero-order valence-corrected chi connectivity index (χ0v) is 17.4. The van der Waals surface area contributed by atoms with E-state index in [1.807, 2.05) is 40.6 Å². The minimum atomic E-state index is -0.119. The van der Waals surface area contributed by atoms with Crippen LogP contribution >= 0.6 is 11.3 Å². The van der Waals surface area contributed by atoms with Crippen molar-refractivity contribution >= 4 is 33.4 Å². The molecule has 2 aromatic heterocycles. The number of carbonyl (C=O) groups excluding carboxylic acids is 1. The van der Waals surface area contributed by atoms with Gasteiger partial charge < -0.3 is 10.2 Å². The second kappa shape index (κ2) is 8.78. The van der Waals surface area contributed by atoms with Crippen LogP contribution in [0.4, 0.5) is 5.95 Å². The summed E-state index contributed by atoms with van der Waals surface area (Å²) in [6, 6.07) is 10.0. The van der Waals surface area contributed by atoms with Gasteiger partial charge in [0.05, 0.1) is 11.4 Å². The van der Waals surface area contributed by atoms with Gasteiger partial charge in [-0.3, -0.25) is 14.6 Å². The van der Waals surface area contributed by atoms with Crippen LogP contribution in [0, 0.1) is 5.92 Å². The second-order valence-corrected chi connectivity index (χ2v) is 8.39. The van der Waals surface area contributed by atoms with Gasteiger partial charge in [0.1, 0.15) is 4.70 Å². The average molecular weight is 411 g/mol. The van der Waals surface area contributed by atoms with E-state index < -0.39 is 0 Å². The summed E-state index contributed by atoms with van der Waals surface area (Å²) in [5, 5.41) is 5.03. The summed E-state index contributed by atoms with van der Waals surface area (Å²) < 4.78 is 0.637. The molecule has 7 heteroatoms. The first-order valence-corrected chi connectivity index (χ1v) is 11.1. The molecule has 1 aromatic carbocycles. The highest BCUT2D eigenvalue weighted by Crippen LogP contribution is 2.32. The van der Waals surface area contributed by atoms with Crippen LogP contribution in [0.1, 0.15) is 32.6 Å². The van der Waals surface area contributed by atoms with E-state index in [2.05, 4.69) is 17.2 Å². The third kappa shape index (κ3) is 4.19. The predicted octanol–water partition coefficient (Wildman–Crippen LogP) is 3.78. The molecular weight excluding hydrogens is 384 g/mol. The van der Waals surface area contributed by atoms with Gasteiger partial charge in [-0.15, -0.1) is 11.3 Å². The molecule has 1 atom stereocenters. The fourth-order valence-electron chi connectivity index (χ4n) is 3.80. The first kappa shape index (κ1) is 19.6. The third-order valence-electron chi connectivity index (χ3n) is 5.42. The van der Waals surface area contributed by atoms with E-state index in [4.69, 9.17) is 4.98 Å². The van der Waals surface area contributed by atoms with Crippen LogP contribution in [-0.2, 0) is 4.79 Å². The molecule has 0 radical (unpaired) electrons. The van der Waals surface area contributed by atoms with Crippen LogP contribution in [0.15, 0.2) is 40.5 Å². The number of unbranched alkanes of at least 4 members (excludes halogenated alkanes) is 1. The number of anilines is 1. The Morgan fingerprint density at radius 3 is 2.97 bits per heavy atom. The fraction of sp³-hybridized carbons (Fsp3) is 0.409. The zero-order valence-electron chi connectivity index (χ0n) is 16.6. The summed E-state index contributed by atoms with van der Waals surface area (Å²) >= 11 is 1.42. The molecule has 2 N–H and O–H groups in total. The number of rotatable bonds is 6. The second-order valence-electron chi connectivity index (χ2n) is 7.51. The lowest BCUT2D eigenvalue weighted by molar-refractivity contribution is -0.125. The number of H-pyrrole nitrogens is 1. The van der Waals surface area contributed by atoms with Crippen molar-refractivity contribution in [1.29, 1.82) is 0 Å². The molecule has 152 valence electrons. The van der Waals surface area contributed by atoms with E-state index in [9.17, 15) is 9.59 Å². The topological polar surface area (TPSA) is 78.1 Å². The fourth-order valence-corrected chi connectivity index (χ4v) is 4.71. The summed E-state index contributed by atoms with van der Waals surface area (Å²) in [5.74, 6) is 0.592. The standard InChI is InChI=1S/C22H26N4O2S/c1-2-3-11-23-20(27)16-10-7-12-26(13-16)22-24-18-17(15-8-5-4-6-9-15)14-29-19(18)21(28)25-22/h4-6,8-9,14,16H,2-3,7,10-13H2,1H3,(H,23,27)(H,24,25,28)/t16-/m0/s1. The minimum Gasteiger partial charge on any atom is -0.356 e. The Kier molecular flexibility index (Phi) is 5.94. The van der Waals surface area contributed by atoms with Crippen molar-refractivity contribution in [1.82, 2.24) is 15.3 Å². The van der Waals surface area contributed by atoms with E-state index >= 15 is 0 Å². The van der Waals surface area contributed by atoms with Gasteiger partial charge in [0.2, 0.25) is 11.9 Å². The van der Waals surface area contributed by atoms with Crippen LogP contribution in [-0.4, -0.2) is 35.5 Å². The van der Waals surface area contributed by atoms with E-state index in [0.717, 1.165) is 55.4 Å². The Hall–Kier alpha value is -2.67. The monoisotopic (exact) mass is 410 g/mol. The lowest BCUT2D eigenvalue weighted by Crippen LogP contribution is -2.44. The van der Waals surface area contributed by atoms with Gasteiger partial charge in [0.15, 0.2) is 0 Å². The van der Waals surface area contributed by atoms with Crippen LogP contribution in [0.25, 0.3) is 21.3 Å². The van der Waals surface area contributed by atoms with Gasteiger partial charge in [0.25, 0.3) is 5.56 Å². The number of piperidine rings is 1. The molecule has 1 aliphatic rings.